The Morgan fingerprint density at radius 2 is 1.57 bits per heavy atom. The second kappa shape index (κ2) is 8.70. The van der Waals surface area contributed by atoms with Crippen molar-refractivity contribution in [2.45, 2.75) is 32.9 Å². The largest absolute Gasteiger partial charge is 0.340 e. The second-order valence-corrected chi connectivity index (χ2v) is 5.75. The number of hydrogen-bond acceptors (Lipinski definition) is 2. The summed E-state index contributed by atoms with van der Waals surface area (Å²) in [5, 5.41) is 0. The molecule has 2 rings (SSSR count). The lowest BCUT2D eigenvalue weighted by atomic mass is 10.0. The molecule has 1 atom stereocenters. The maximum atomic E-state index is 12.5. The van der Waals surface area contributed by atoms with Crippen molar-refractivity contribution in [3.8, 4) is 0 Å². The molecule has 2 aromatic carbocycles. The van der Waals surface area contributed by atoms with E-state index in [1.165, 1.54) is 5.56 Å². The second-order valence-electron chi connectivity index (χ2n) is 5.75. The molecule has 0 radical (unpaired) electrons. The molecule has 2 aromatic rings. The van der Waals surface area contributed by atoms with Crippen molar-refractivity contribution in [1.29, 1.82) is 0 Å². The Morgan fingerprint density at radius 1 is 1.04 bits per heavy atom. The molecule has 1 amide bonds. The SMILES string of the molecule is CCc1ccc(CN(C)C(=O)C(N)c2ccc(C)cc2)cc1.Cl. The molecule has 23 heavy (non-hydrogen) atoms. The van der Waals surface area contributed by atoms with Gasteiger partial charge in [0.15, 0.2) is 0 Å². The van der Waals surface area contributed by atoms with Gasteiger partial charge in [-0.1, -0.05) is 61.0 Å². The van der Waals surface area contributed by atoms with Crippen molar-refractivity contribution in [2.24, 2.45) is 5.73 Å². The van der Waals surface area contributed by atoms with E-state index >= 15 is 0 Å². The number of amides is 1. The third-order valence-corrected chi connectivity index (χ3v) is 3.93. The number of nitrogens with two attached hydrogens (primary N) is 1. The summed E-state index contributed by atoms with van der Waals surface area (Å²) >= 11 is 0. The summed E-state index contributed by atoms with van der Waals surface area (Å²) in [4.78, 5) is 14.1. The minimum Gasteiger partial charge on any atom is -0.340 e. The van der Waals surface area contributed by atoms with Gasteiger partial charge in [-0.2, -0.15) is 0 Å². The number of carbonyl (C=O) groups excluding carboxylic acids is 1. The summed E-state index contributed by atoms with van der Waals surface area (Å²) in [5.74, 6) is -0.0663. The van der Waals surface area contributed by atoms with Crippen LogP contribution in [0.1, 0.15) is 35.2 Å². The molecular weight excluding hydrogens is 308 g/mol. The van der Waals surface area contributed by atoms with Crippen LogP contribution in [0.4, 0.5) is 0 Å². The fourth-order valence-electron chi connectivity index (χ4n) is 2.39. The molecule has 1 unspecified atom stereocenters. The average Bonchev–Trinajstić information content (AvgIpc) is 2.55. The predicted octanol–water partition coefficient (Wildman–Crippen LogP) is 3.64. The Balaban J connectivity index is 0.00000264. The Bertz CT molecular complexity index is 623. The predicted molar refractivity (Wildman–Crippen MR) is 97.6 cm³/mol. The number of nitrogens with zero attached hydrogens (tertiary/aromatic N) is 1. The molecule has 0 bridgehead atoms. The molecule has 2 N–H and O–H groups in total. The van der Waals surface area contributed by atoms with Crippen molar-refractivity contribution in [1.82, 2.24) is 4.90 Å². The molecule has 0 aliphatic heterocycles. The number of likely N-dealkylation sites (N-methyl/N-ethyl adjacent to an activating group) is 1. The standard InChI is InChI=1S/C19H24N2O.ClH/c1-4-15-7-9-16(10-8-15)13-21(3)19(22)18(20)17-11-5-14(2)6-12-17;/h5-12,18H,4,13,20H2,1-3H3;1H. The maximum Gasteiger partial charge on any atom is 0.244 e. The summed E-state index contributed by atoms with van der Waals surface area (Å²) in [5.41, 5.74) is 10.5. The van der Waals surface area contributed by atoms with E-state index in [1.54, 1.807) is 11.9 Å². The zero-order valence-electron chi connectivity index (χ0n) is 14.0. The van der Waals surface area contributed by atoms with Gasteiger partial charge in [-0.25, -0.2) is 0 Å². The van der Waals surface area contributed by atoms with Crippen LogP contribution < -0.4 is 5.73 Å². The minimum atomic E-state index is -0.611. The van der Waals surface area contributed by atoms with Gasteiger partial charge in [0.2, 0.25) is 5.91 Å². The van der Waals surface area contributed by atoms with Crippen molar-refractivity contribution in [3.05, 3.63) is 70.8 Å². The molecule has 0 fully saturated rings. The average molecular weight is 333 g/mol. The lowest BCUT2D eigenvalue weighted by Crippen LogP contribution is -2.35. The zero-order valence-corrected chi connectivity index (χ0v) is 14.8. The fraction of sp³-hybridized carbons (Fsp3) is 0.316. The van der Waals surface area contributed by atoms with Crippen LogP contribution in [0.3, 0.4) is 0 Å². The molecule has 0 saturated carbocycles. The molecule has 0 heterocycles. The van der Waals surface area contributed by atoms with Crippen LogP contribution in [-0.4, -0.2) is 17.9 Å². The molecule has 3 nitrogen and oxygen atoms in total. The van der Waals surface area contributed by atoms with Crippen LogP contribution in [0.25, 0.3) is 0 Å². The molecule has 4 heteroatoms. The van der Waals surface area contributed by atoms with Gasteiger partial charge in [0.1, 0.15) is 6.04 Å². The Hall–Kier alpha value is -1.84. The van der Waals surface area contributed by atoms with Crippen LogP contribution in [-0.2, 0) is 17.8 Å². The van der Waals surface area contributed by atoms with E-state index in [0.717, 1.165) is 23.1 Å². The zero-order chi connectivity index (χ0) is 16.1. The van der Waals surface area contributed by atoms with E-state index in [2.05, 4.69) is 31.2 Å². The normalized spacial score (nSPS) is 11.5. The maximum absolute atomic E-state index is 12.5. The van der Waals surface area contributed by atoms with Crippen LogP contribution in [0, 0.1) is 6.92 Å². The van der Waals surface area contributed by atoms with Gasteiger partial charge in [-0.3, -0.25) is 4.79 Å². The van der Waals surface area contributed by atoms with E-state index in [4.69, 9.17) is 5.73 Å². The van der Waals surface area contributed by atoms with Crippen LogP contribution >= 0.6 is 12.4 Å². The topological polar surface area (TPSA) is 46.3 Å². The van der Waals surface area contributed by atoms with Gasteiger partial charge in [0.25, 0.3) is 0 Å². The van der Waals surface area contributed by atoms with Gasteiger partial charge < -0.3 is 10.6 Å². The first-order valence-electron chi connectivity index (χ1n) is 7.66. The smallest absolute Gasteiger partial charge is 0.244 e. The van der Waals surface area contributed by atoms with E-state index in [9.17, 15) is 4.79 Å². The molecular formula is C19H25ClN2O. The quantitative estimate of drug-likeness (QED) is 0.908. The van der Waals surface area contributed by atoms with Crippen molar-refractivity contribution < 1.29 is 4.79 Å². The molecule has 0 aromatic heterocycles. The minimum absolute atomic E-state index is 0. The van der Waals surface area contributed by atoms with Crippen molar-refractivity contribution in [2.75, 3.05) is 7.05 Å². The Morgan fingerprint density at radius 3 is 2.09 bits per heavy atom. The summed E-state index contributed by atoms with van der Waals surface area (Å²) in [6, 6.07) is 15.5. The number of halogens is 1. The highest BCUT2D eigenvalue weighted by Gasteiger charge is 2.19. The number of hydrogen-bond donors (Lipinski definition) is 1. The lowest BCUT2D eigenvalue weighted by Gasteiger charge is -2.22. The van der Waals surface area contributed by atoms with E-state index in [0.29, 0.717) is 6.54 Å². The number of aryl methyl sites for hydroxylation is 2. The van der Waals surface area contributed by atoms with Gasteiger partial charge >= 0.3 is 0 Å². The molecule has 0 aliphatic carbocycles. The van der Waals surface area contributed by atoms with Crippen LogP contribution in [0.15, 0.2) is 48.5 Å². The molecule has 0 aliphatic rings. The lowest BCUT2D eigenvalue weighted by molar-refractivity contribution is -0.131. The van der Waals surface area contributed by atoms with Crippen molar-refractivity contribution >= 4 is 18.3 Å². The first-order valence-corrected chi connectivity index (χ1v) is 7.66. The third kappa shape index (κ3) is 5.08. The Labute approximate surface area is 144 Å². The fourth-order valence-corrected chi connectivity index (χ4v) is 2.39. The Kier molecular flexibility index (Phi) is 7.27. The third-order valence-electron chi connectivity index (χ3n) is 3.93. The van der Waals surface area contributed by atoms with Gasteiger partial charge in [0.05, 0.1) is 0 Å². The van der Waals surface area contributed by atoms with E-state index in [1.807, 2.05) is 31.2 Å². The molecule has 0 spiro atoms. The molecule has 0 saturated heterocycles. The van der Waals surface area contributed by atoms with Crippen LogP contribution in [0.2, 0.25) is 0 Å². The first kappa shape index (κ1) is 19.2. The van der Waals surface area contributed by atoms with Crippen molar-refractivity contribution in [3.63, 3.8) is 0 Å². The summed E-state index contributed by atoms with van der Waals surface area (Å²) in [6.07, 6.45) is 1.02. The monoisotopic (exact) mass is 332 g/mol. The highest BCUT2D eigenvalue weighted by molar-refractivity contribution is 5.85. The molecule has 124 valence electrons. The summed E-state index contributed by atoms with van der Waals surface area (Å²) in [7, 11) is 1.80. The van der Waals surface area contributed by atoms with Gasteiger partial charge in [-0.05, 0) is 30.0 Å². The number of benzene rings is 2. The van der Waals surface area contributed by atoms with E-state index in [-0.39, 0.29) is 18.3 Å². The first-order chi connectivity index (χ1) is 10.5. The highest BCUT2D eigenvalue weighted by Crippen LogP contribution is 2.15. The highest BCUT2D eigenvalue weighted by atomic mass is 35.5. The van der Waals surface area contributed by atoms with Gasteiger partial charge in [-0.15, -0.1) is 12.4 Å². The van der Waals surface area contributed by atoms with Crippen LogP contribution in [0.5, 0.6) is 0 Å². The number of rotatable bonds is 5. The summed E-state index contributed by atoms with van der Waals surface area (Å²) < 4.78 is 0. The number of carbonyl (C=O) groups is 1. The van der Waals surface area contributed by atoms with Gasteiger partial charge in [0, 0.05) is 13.6 Å². The summed E-state index contributed by atoms with van der Waals surface area (Å²) in [6.45, 7) is 4.72. The van der Waals surface area contributed by atoms with E-state index < -0.39 is 6.04 Å².